The molecule has 2 atom stereocenters. The Labute approximate surface area is 174 Å². The van der Waals surface area contributed by atoms with Gasteiger partial charge in [0.2, 0.25) is 0 Å². The summed E-state index contributed by atoms with van der Waals surface area (Å²) in [5.74, 6) is -0.431. The molecule has 1 amide bonds. The van der Waals surface area contributed by atoms with E-state index in [0.29, 0.717) is 18.1 Å². The summed E-state index contributed by atoms with van der Waals surface area (Å²) in [5, 5.41) is 21.3. The first-order valence-electron chi connectivity index (χ1n) is 9.88. The van der Waals surface area contributed by atoms with Gasteiger partial charge < -0.3 is 15.1 Å². The van der Waals surface area contributed by atoms with E-state index in [1.54, 1.807) is 4.90 Å². The zero-order valence-corrected chi connectivity index (χ0v) is 17.0. The van der Waals surface area contributed by atoms with Gasteiger partial charge in [-0.2, -0.15) is 0 Å². The van der Waals surface area contributed by atoms with Gasteiger partial charge in [-0.25, -0.2) is 4.98 Å². The lowest BCUT2D eigenvalue weighted by molar-refractivity contribution is -0.148. The summed E-state index contributed by atoms with van der Waals surface area (Å²) in [7, 11) is 0. The first kappa shape index (κ1) is 20.0. The molecule has 0 aliphatic carbocycles. The van der Waals surface area contributed by atoms with Crippen LogP contribution in [0.3, 0.4) is 0 Å². The molecule has 0 saturated carbocycles. The molecule has 3 aromatic rings. The SMILES string of the molecule is O=C(C(O)C(O)c1nc2ccccc2s1)N1CCN(CCc2ccccc2)CC1. The number of para-hydroxylation sites is 1. The lowest BCUT2D eigenvalue weighted by Crippen LogP contribution is -2.52. The molecular formula is C22H25N3O3S. The molecule has 4 rings (SSSR count). The van der Waals surface area contributed by atoms with Crippen molar-refractivity contribution in [1.29, 1.82) is 0 Å². The van der Waals surface area contributed by atoms with Crippen LogP contribution < -0.4 is 0 Å². The molecule has 1 aromatic heterocycles. The molecule has 2 unspecified atom stereocenters. The number of hydrogen-bond donors (Lipinski definition) is 2. The van der Waals surface area contributed by atoms with Gasteiger partial charge in [0.15, 0.2) is 6.10 Å². The maximum Gasteiger partial charge on any atom is 0.254 e. The number of aromatic nitrogens is 1. The zero-order valence-electron chi connectivity index (χ0n) is 16.1. The number of aliphatic hydroxyl groups is 2. The van der Waals surface area contributed by atoms with Crippen LogP contribution in [0.2, 0.25) is 0 Å². The number of benzene rings is 2. The molecule has 0 radical (unpaired) electrons. The summed E-state index contributed by atoms with van der Waals surface area (Å²) in [6, 6.07) is 17.9. The number of aliphatic hydroxyl groups excluding tert-OH is 2. The fourth-order valence-electron chi connectivity index (χ4n) is 3.60. The van der Waals surface area contributed by atoms with E-state index in [4.69, 9.17) is 0 Å². The largest absolute Gasteiger partial charge is 0.383 e. The van der Waals surface area contributed by atoms with E-state index in [0.717, 1.165) is 36.3 Å². The Bertz CT molecular complexity index is 921. The molecule has 152 valence electrons. The van der Waals surface area contributed by atoms with Gasteiger partial charge in [0.25, 0.3) is 5.91 Å². The van der Waals surface area contributed by atoms with Crippen LogP contribution >= 0.6 is 11.3 Å². The summed E-state index contributed by atoms with van der Waals surface area (Å²) >= 11 is 1.30. The van der Waals surface area contributed by atoms with Crippen LogP contribution in [0.4, 0.5) is 0 Å². The van der Waals surface area contributed by atoms with Crippen LogP contribution in [0.25, 0.3) is 10.2 Å². The first-order chi connectivity index (χ1) is 14.1. The topological polar surface area (TPSA) is 76.9 Å². The van der Waals surface area contributed by atoms with Crippen molar-refractivity contribution in [2.45, 2.75) is 18.6 Å². The summed E-state index contributed by atoms with van der Waals surface area (Å²) in [6.07, 6.45) is -1.82. The molecule has 7 heteroatoms. The Morgan fingerprint density at radius 2 is 1.69 bits per heavy atom. The lowest BCUT2D eigenvalue weighted by Gasteiger charge is -2.36. The van der Waals surface area contributed by atoms with Crippen molar-refractivity contribution in [3.63, 3.8) is 0 Å². The second kappa shape index (κ2) is 9.00. The third-order valence-corrected chi connectivity index (χ3v) is 6.47. The minimum atomic E-state index is -1.49. The molecule has 1 saturated heterocycles. The van der Waals surface area contributed by atoms with E-state index < -0.39 is 18.1 Å². The van der Waals surface area contributed by atoms with E-state index in [9.17, 15) is 15.0 Å². The van der Waals surface area contributed by atoms with Crippen LogP contribution in [0, 0.1) is 0 Å². The van der Waals surface area contributed by atoms with Gasteiger partial charge in [-0.3, -0.25) is 9.69 Å². The number of nitrogens with zero attached hydrogens (tertiary/aromatic N) is 3. The molecule has 29 heavy (non-hydrogen) atoms. The third kappa shape index (κ3) is 4.64. The van der Waals surface area contributed by atoms with Gasteiger partial charge in [-0.1, -0.05) is 42.5 Å². The van der Waals surface area contributed by atoms with Gasteiger partial charge in [-0.05, 0) is 24.1 Å². The fourth-order valence-corrected chi connectivity index (χ4v) is 4.58. The van der Waals surface area contributed by atoms with Gasteiger partial charge >= 0.3 is 0 Å². The summed E-state index contributed by atoms with van der Waals surface area (Å²) in [5.41, 5.74) is 2.07. The molecule has 2 N–H and O–H groups in total. The van der Waals surface area contributed by atoms with Crippen molar-refractivity contribution in [1.82, 2.24) is 14.8 Å². The number of fused-ring (bicyclic) bond motifs is 1. The van der Waals surface area contributed by atoms with Crippen LogP contribution in [-0.4, -0.2) is 69.7 Å². The second-order valence-corrected chi connectivity index (χ2v) is 8.37. The minimum Gasteiger partial charge on any atom is -0.383 e. The summed E-state index contributed by atoms with van der Waals surface area (Å²) in [4.78, 5) is 21.0. The highest BCUT2D eigenvalue weighted by molar-refractivity contribution is 7.18. The van der Waals surface area contributed by atoms with E-state index in [1.165, 1.54) is 16.9 Å². The third-order valence-electron chi connectivity index (χ3n) is 5.36. The molecule has 1 fully saturated rings. The van der Waals surface area contributed by atoms with Crippen molar-refractivity contribution in [3.05, 3.63) is 65.2 Å². The van der Waals surface area contributed by atoms with Crippen molar-refractivity contribution in [2.24, 2.45) is 0 Å². The second-order valence-electron chi connectivity index (χ2n) is 7.31. The van der Waals surface area contributed by atoms with Crippen LogP contribution in [-0.2, 0) is 11.2 Å². The smallest absolute Gasteiger partial charge is 0.254 e. The standard InChI is InChI=1S/C22H25N3O3S/c26-19(21-23-17-8-4-5-9-18(17)29-21)20(27)22(28)25-14-12-24(13-15-25)11-10-16-6-2-1-3-7-16/h1-9,19-20,26-27H,10-15H2. The van der Waals surface area contributed by atoms with Crippen molar-refractivity contribution in [2.75, 3.05) is 32.7 Å². The average molecular weight is 412 g/mol. The molecule has 6 nitrogen and oxygen atoms in total. The number of carbonyl (C=O) groups is 1. The van der Waals surface area contributed by atoms with Gasteiger partial charge in [-0.15, -0.1) is 11.3 Å². The summed E-state index contributed by atoms with van der Waals surface area (Å²) < 4.78 is 0.924. The van der Waals surface area contributed by atoms with Crippen LogP contribution in [0.5, 0.6) is 0 Å². The number of hydrogen-bond acceptors (Lipinski definition) is 6. The van der Waals surface area contributed by atoms with Crippen molar-refractivity contribution >= 4 is 27.5 Å². The van der Waals surface area contributed by atoms with Gasteiger partial charge in [0.05, 0.1) is 10.2 Å². The normalized spacial score (nSPS) is 17.4. The maximum absolute atomic E-state index is 12.7. The highest BCUT2D eigenvalue weighted by atomic mass is 32.1. The zero-order chi connectivity index (χ0) is 20.2. The van der Waals surface area contributed by atoms with E-state index in [1.807, 2.05) is 42.5 Å². The average Bonchev–Trinajstić information content (AvgIpc) is 3.21. The monoisotopic (exact) mass is 411 g/mol. The molecule has 0 spiro atoms. The van der Waals surface area contributed by atoms with Crippen LogP contribution in [0.15, 0.2) is 54.6 Å². The molecule has 2 heterocycles. The maximum atomic E-state index is 12.7. The summed E-state index contributed by atoms with van der Waals surface area (Å²) in [6.45, 7) is 3.59. The lowest BCUT2D eigenvalue weighted by atomic mass is 10.1. The Balaban J connectivity index is 1.30. The fraction of sp³-hybridized carbons (Fsp3) is 0.364. The Morgan fingerprint density at radius 1 is 1.00 bits per heavy atom. The molecule has 1 aliphatic heterocycles. The molecule has 2 aromatic carbocycles. The predicted molar refractivity (Wildman–Crippen MR) is 114 cm³/mol. The Kier molecular flexibility index (Phi) is 6.20. The highest BCUT2D eigenvalue weighted by Gasteiger charge is 2.33. The van der Waals surface area contributed by atoms with Crippen LogP contribution in [0.1, 0.15) is 16.7 Å². The molecule has 0 bridgehead atoms. The number of thiazole rings is 1. The Morgan fingerprint density at radius 3 is 2.41 bits per heavy atom. The van der Waals surface area contributed by atoms with E-state index in [-0.39, 0.29) is 0 Å². The minimum absolute atomic E-state index is 0.369. The predicted octanol–water partition coefficient (Wildman–Crippen LogP) is 2.08. The van der Waals surface area contributed by atoms with E-state index in [2.05, 4.69) is 22.0 Å². The number of rotatable bonds is 6. The van der Waals surface area contributed by atoms with Gasteiger partial charge in [0, 0.05) is 32.7 Å². The number of piperazine rings is 1. The van der Waals surface area contributed by atoms with Crippen molar-refractivity contribution < 1.29 is 15.0 Å². The quantitative estimate of drug-likeness (QED) is 0.650. The van der Waals surface area contributed by atoms with Crippen molar-refractivity contribution in [3.8, 4) is 0 Å². The Hall–Kier alpha value is -2.32. The number of amides is 1. The first-order valence-corrected chi connectivity index (χ1v) is 10.7. The number of carbonyl (C=O) groups excluding carboxylic acids is 1. The van der Waals surface area contributed by atoms with Gasteiger partial charge in [0.1, 0.15) is 11.1 Å². The van der Waals surface area contributed by atoms with E-state index >= 15 is 0 Å². The molecule has 1 aliphatic rings. The molecular weight excluding hydrogens is 386 g/mol. The highest BCUT2D eigenvalue weighted by Crippen LogP contribution is 2.28.